The third-order valence-electron chi connectivity index (χ3n) is 4.47. The Kier molecular flexibility index (Phi) is 9.50. The first-order chi connectivity index (χ1) is 15.9. The summed E-state index contributed by atoms with van der Waals surface area (Å²) in [6, 6.07) is 18.4. The van der Waals surface area contributed by atoms with E-state index >= 15 is 0 Å². The molecule has 5 nitrogen and oxygen atoms in total. The summed E-state index contributed by atoms with van der Waals surface area (Å²) in [5.74, 6) is 0.861. The van der Waals surface area contributed by atoms with Crippen LogP contribution >= 0.6 is 50.9 Å². The average Bonchev–Trinajstić information content (AvgIpc) is 2.80. The molecule has 0 bridgehead atoms. The standard InChI is InChI=1S/C24H21BrCl2N2O3S/c1-15(33-19-9-7-18(26)8-10-19)24(30)29-28-13-16-11-20(25)23(22(12-16)31-2)32-14-17-5-3-4-6-21(17)27/h3-13,15H,14H2,1-2H3,(H,29,30)/b28-13-/t15-/m0/s1. The molecule has 1 N–H and O–H groups in total. The predicted octanol–water partition coefficient (Wildman–Crippen LogP) is 6.97. The molecule has 0 saturated heterocycles. The van der Waals surface area contributed by atoms with Crippen LogP contribution in [0.4, 0.5) is 0 Å². The molecular weight excluding hydrogens is 547 g/mol. The van der Waals surface area contributed by atoms with Crippen LogP contribution in [0.1, 0.15) is 18.1 Å². The first-order valence-electron chi connectivity index (χ1n) is 9.86. The monoisotopic (exact) mass is 566 g/mol. The van der Waals surface area contributed by atoms with Gasteiger partial charge in [0.1, 0.15) is 6.61 Å². The number of rotatable bonds is 9. The van der Waals surface area contributed by atoms with Crippen LogP contribution in [0.5, 0.6) is 11.5 Å². The number of thioether (sulfide) groups is 1. The van der Waals surface area contributed by atoms with Gasteiger partial charge < -0.3 is 9.47 Å². The molecule has 0 radical (unpaired) electrons. The SMILES string of the molecule is COc1cc(/C=N\NC(=O)[C@H](C)Sc2ccc(Cl)cc2)cc(Br)c1OCc1ccccc1Cl. The maximum Gasteiger partial charge on any atom is 0.253 e. The average molecular weight is 568 g/mol. The predicted molar refractivity (Wildman–Crippen MR) is 139 cm³/mol. The van der Waals surface area contributed by atoms with E-state index in [0.717, 1.165) is 16.0 Å². The highest BCUT2D eigenvalue weighted by molar-refractivity contribution is 9.10. The minimum atomic E-state index is -0.329. The van der Waals surface area contributed by atoms with E-state index in [9.17, 15) is 4.79 Å². The molecule has 172 valence electrons. The minimum Gasteiger partial charge on any atom is -0.493 e. The van der Waals surface area contributed by atoms with Crippen LogP contribution in [0.15, 0.2) is 75.1 Å². The lowest BCUT2D eigenvalue weighted by Crippen LogP contribution is -2.26. The Labute approximate surface area is 215 Å². The Morgan fingerprint density at radius 1 is 1.18 bits per heavy atom. The number of hydrazone groups is 1. The van der Waals surface area contributed by atoms with E-state index in [0.29, 0.717) is 32.6 Å². The van der Waals surface area contributed by atoms with Crippen LogP contribution in [0.3, 0.4) is 0 Å². The number of methoxy groups -OCH3 is 1. The third-order valence-corrected chi connectivity index (χ3v) is 6.79. The van der Waals surface area contributed by atoms with Gasteiger partial charge in [-0.05, 0) is 70.9 Å². The topological polar surface area (TPSA) is 59.9 Å². The summed E-state index contributed by atoms with van der Waals surface area (Å²) in [6.45, 7) is 2.11. The lowest BCUT2D eigenvalue weighted by molar-refractivity contribution is -0.120. The van der Waals surface area contributed by atoms with Crippen molar-refractivity contribution in [1.82, 2.24) is 5.43 Å². The Bertz CT molecular complexity index is 1140. The van der Waals surface area contributed by atoms with Gasteiger partial charge in [-0.25, -0.2) is 5.43 Å². The van der Waals surface area contributed by atoms with Crippen molar-refractivity contribution in [2.45, 2.75) is 23.7 Å². The van der Waals surface area contributed by atoms with Crippen LogP contribution in [0.25, 0.3) is 0 Å². The maximum absolute atomic E-state index is 12.4. The molecule has 1 atom stereocenters. The number of amides is 1. The second-order valence-electron chi connectivity index (χ2n) is 6.86. The van der Waals surface area contributed by atoms with E-state index in [1.165, 1.54) is 11.8 Å². The summed E-state index contributed by atoms with van der Waals surface area (Å²) >= 11 is 17.0. The zero-order chi connectivity index (χ0) is 23.8. The van der Waals surface area contributed by atoms with Gasteiger partial charge in [0.25, 0.3) is 5.91 Å². The van der Waals surface area contributed by atoms with Crippen molar-refractivity contribution in [3.05, 3.63) is 86.3 Å². The van der Waals surface area contributed by atoms with E-state index in [-0.39, 0.29) is 11.2 Å². The Morgan fingerprint density at radius 2 is 1.91 bits per heavy atom. The number of carbonyl (C=O) groups excluding carboxylic acids is 1. The van der Waals surface area contributed by atoms with E-state index in [2.05, 4.69) is 26.5 Å². The Morgan fingerprint density at radius 3 is 2.61 bits per heavy atom. The number of ether oxygens (including phenoxy) is 2. The van der Waals surface area contributed by atoms with Gasteiger partial charge in [-0.1, -0.05) is 41.4 Å². The van der Waals surface area contributed by atoms with Gasteiger partial charge in [0, 0.05) is 20.5 Å². The molecule has 0 fully saturated rings. The van der Waals surface area contributed by atoms with Crippen molar-refractivity contribution in [2.75, 3.05) is 7.11 Å². The van der Waals surface area contributed by atoms with Crippen LogP contribution in [0, 0.1) is 0 Å². The normalized spacial score (nSPS) is 11.9. The van der Waals surface area contributed by atoms with Gasteiger partial charge in [0.15, 0.2) is 11.5 Å². The molecule has 0 aliphatic heterocycles. The van der Waals surface area contributed by atoms with Crippen LogP contribution < -0.4 is 14.9 Å². The third kappa shape index (κ3) is 7.40. The van der Waals surface area contributed by atoms with Crippen molar-refractivity contribution in [2.24, 2.45) is 5.10 Å². The molecule has 0 spiro atoms. The van der Waals surface area contributed by atoms with Gasteiger partial charge in [-0.2, -0.15) is 5.10 Å². The summed E-state index contributed by atoms with van der Waals surface area (Å²) < 4.78 is 12.1. The lowest BCUT2D eigenvalue weighted by atomic mass is 10.2. The fourth-order valence-corrected chi connectivity index (χ4v) is 4.50. The highest BCUT2D eigenvalue weighted by Crippen LogP contribution is 2.37. The van der Waals surface area contributed by atoms with E-state index in [4.69, 9.17) is 32.7 Å². The van der Waals surface area contributed by atoms with Crippen molar-refractivity contribution < 1.29 is 14.3 Å². The molecule has 9 heteroatoms. The molecule has 33 heavy (non-hydrogen) atoms. The number of nitrogens with one attached hydrogen (secondary N) is 1. The van der Waals surface area contributed by atoms with Crippen LogP contribution in [0.2, 0.25) is 10.0 Å². The largest absolute Gasteiger partial charge is 0.493 e. The highest BCUT2D eigenvalue weighted by atomic mass is 79.9. The highest BCUT2D eigenvalue weighted by Gasteiger charge is 2.15. The molecule has 3 rings (SSSR count). The molecule has 0 unspecified atom stereocenters. The number of carbonyl (C=O) groups is 1. The Hall–Kier alpha value is -2.19. The minimum absolute atomic E-state index is 0.211. The summed E-state index contributed by atoms with van der Waals surface area (Å²) in [7, 11) is 1.56. The second kappa shape index (κ2) is 12.3. The quantitative estimate of drug-likeness (QED) is 0.172. The first kappa shape index (κ1) is 25.4. The zero-order valence-electron chi connectivity index (χ0n) is 17.8. The van der Waals surface area contributed by atoms with E-state index in [1.54, 1.807) is 31.5 Å². The molecule has 0 aromatic heterocycles. The second-order valence-corrected chi connectivity index (χ2v) is 9.97. The number of hydrogen-bond donors (Lipinski definition) is 1. The van der Waals surface area contributed by atoms with Gasteiger partial charge in [-0.15, -0.1) is 11.8 Å². The van der Waals surface area contributed by atoms with Gasteiger partial charge in [0.2, 0.25) is 0 Å². The molecule has 0 saturated carbocycles. The molecule has 3 aromatic carbocycles. The lowest BCUT2D eigenvalue weighted by Gasteiger charge is -2.14. The fraction of sp³-hybridized carbons (Fsp3) is 0.167. The first-order valence-corrected chi connectivity index (χ1v) is 12.3. The van der Waals surface area contributed by atoms with Crippen molar-refractivity contribution in [1.29, 1.82) is 0 Å². The smallest absolute Gasteiger partial charge is 0.253 e. The van der Waals surface area contributed by atoms with Crippen LogP contribution in [-0.4, -0.2) is 24.5 Å². The summed E-state index contributed by atoms with van der Waals surface area (Å²) in [4.78, 5) is 13.3. The Balaban J connectivity index is 1.62. The fourth-order valence-electron chi connectivity index (χ4n) is 2.75. The number of nitrogens with zero attached hydrogens (tertiary/aromatic N) is 1. The number of halogens is 3. The summed E-state index contributed by atoms with van der Waals surface area (Å²) in [5, 5.41) is 5.04. The van der Waals surface area contributed by atoms with Gasteiger partial charge in [-0.3, -0.25) is 4.79 Å². The van der Waals surface area contributed by atoms with Crippen molar-refractivity contribution in [3.63, 3.8) is 0 Å². The molecule has 0 heterocycles. The van der Waals surface area contributed by atoms with E-state index in [1.807, 2.05) is 49.4 Å². The molecular formula is C24H21BrCl2N2O3S. The van der Waals surface area contributed by atoms with Gasteiger partial charge in [0.05, 0.1) is 23.0 Å². The number of benzene rings is 3. The molecule has 1 amide bonds. The number of hydrogen-bond acceptors (Lipinski definition) is 5. The van der Waals surface area contributed by atoms with Crippen molar-refractivity contribution >= 4 is 63.0 Å². The molecule has 0 aliphatic carbocycles. The molecule has 0 aliphatic rings. The zero-order valence-corrected chi connectivity index (χ0v) is 21.8. The van der Waals surface area contributed by atoms with Gasteiger partial charge >= 0.3 is 0 Å². The van der Waals surface area contributed by atoms with Crippen LogP contribution in [-0.2, 0) is 11.4 Å². The maximum atomic E-state index is 12.4. The molecule has 3 aromatic rings. The van der Waals surface area contributed by atoms with E-state index < -0.39 is 0 Å². The summed E-state index contributed by atoms with van der Waals surface area (Å²) in [5.41, 5.74) is 4.16. The summed E-state index contributed by atoms with van der Waals surface area (Å²) in [6.07, 6.45) is 1.54. The van der Waals surface area contributed by atoms with Crippen molar-refractivity contribution in [3.8, 4) is 11.5 Å².